The van der Waals surface area contributed by atoms with Gasteiger partial charge in [-0.15, -0.1) is 0 Å². The molecule has 6 rings (SSSR count). The van der Waals surface area contributed by atoms with Gasteiger partial charge in [-0.1, -0.05) is 18.2 Å². The van der Waals surface area contributed by atoms with Gasteiger partial charge in [-0.2, -0.15) is 0 Å². The van der Waals surface area contributed by atoms with Gasteiger partial charge in [-0.25, -0.2) is 4.79 Å². The Morgan fingerprint density at radius 2 is 1.82 bits per heavy atom. The molecule has 0 saturated carbocycles. The van der Waals surface area contributed by atoms with Crippen LogP contribution in [0, 0.1) is 5.41 Å². The molecule has 0 radical (unpaired) electrons. The maximum atomic E-state index is 13.6. The highest BCUT2D eigenvalue weighted by molar-refractivity contribution is 6.03. The first-order valence-electron chi connectivity index (χ1n) is 13.1. The van der Waals surface area contributed by atoms with Gasteiger partial charge in [0.25, 0.3) is 5.91 Å². The van der Waals surface area contributed by atoms with Crippen LogP contribution in [0.5, 0.6) is 17.2 Å². The number of amides is 4. The van der Waals surface area contributed by atoms with Crippen molar-refractivity contribution in [1.82, 2.24) is 20.4 Å². The number of hydrogen-bond acceptors (Lipinski definition) is 7. The molecule has 1 spiro atoms. The van der Waals surface area contributed by atoms with Gasteiger partial charge in [0.2, 0.25) is 5.91 Å². The first-order chi connectivity index (χ1) is 18.3. The molecule has 38 heavy (non-hydrogen) atoms. The number of hydrogen-bond donors (Lipinski definition) is 3. The Balaban J connectivity index is 1.23. The minimum atomic E-state index is -1.08. The summed E-state index contributed by atoms with van der Waals surface area (Å²) in [7, 11) is 0. The number of aliphatic hydroxyl groups is 1. The van der Waals surface area contributed by atoms with Crippen molar-refractivity contribution in [3.8, 4) is 17.2 Å². The van der Waals surface area contributed by atoms with Crippen molar-refractivity contribution in [3.05, 3.63) is 53.6 Å². The molecule has 2 atom stereocenters. The monoisotopic (exact) mass is 520 g/mol. The molecule has 3 N–H and O–H groups in total. The second kappa shape index (κ2) is 9.28. The first kappa shape index (κ1) is 24.7. The highest BCUT2D eigenvalue weighted by Gasteiger charge is 2.56. The van der Waals surface area contributed by atoms with Gasteiger partial charge in [0.1, 0.15) is 29.4 Å². The number of likely N-dealkylation sites (tertiary alicyclic amines) is 2. The summed E-state index contributed by atoms with van der Waals surface area (Å²) in [5, 5.41) is 14.6. The van der Waals surface area contributed by atoms with Crippen molar-refractivity contribution >= 4 is 17.8 Å². The van der Waals surface area contributed by atoms with E-state index in [2.05, 4.69) is 15.5 Å². The molecular weight excluding hydrogens is 488 g/mol. The number of benzene rings is 2. The quantitative estimate of drug-likeness (QED) is 0.550. The lowest BCUT2D eigenvalue weighted by molar-refractivity contribution is -0.154. The lowest BCUT2D eigenvalue weighted by Gasteiger charge is -2.57. The lowest BCUT2D eigenvalue weighted by Crippen LogP contribution is -2.74. The van der Waals surface area contributed by atoms with Gasteiger partial charge >= 0.3 is 6.03 Å². The average Bonchev–Trinajstić information content (AvgIpc) is 3.36. The Kier molecular flexibility index (Phi) is 6.03. The van der Waals surface area contributed by atoms with Crippen LogP contribution >= 0.6 is 0 Å². The van der Waals surface area contributed by atoms with E-state index in [1.807, 2.05) is 49.4 Å². The third kappa shape index (κ3) is 3.99. The van der Waals surface area contributed by atoms with Crippen molar-refractivity contribution in [2.24, 2.45) is 5.41 Å². The van der Waals surface area contributed by atoms with E-state index in [0.29, 0.717) is 44.3 Å². The van der Waals surface area contributed by atoms with Crippen molar-refractivity contribution in [2.45, 2.75) is 37.8 Å². The van der Waals surface area contributed by atoms with Crippen LogP contribution in [0.4, 0.5) is 4.79 Å². The van der Waals surface area contributed by atoms with Gasteiger partial charge in [-0.05, 0) is 49.1 Å². The smallest absolute Gasteiger partial charge is 0.321 e. The molecule has 4 aliphatic heterocycles. The fourth-order valence-electron chi connectivity index (χ4n) is 6.53. The Hall–Kier alpha value is -3.63. The van der Waals surface area contributed by atoms with E-state index in [-0.39, 0.29) is 17.2 Å². The summed E-state index contributed by atoms with van der Waals surface area (Å²) >= 11 is 0. The zero-order valence-electron chi connectivity index (χ0n) is 21.4. The lowest BCUT2D eigenvalue weighted by atomic mass is 9.69. The number of fused-ring (bicyclic) bond motifs is 1. The van der Waals surface area contributed by atoms with E-state index in [1.54, 1.807) is 4.90 Å². The molecule has 0 bridgehead atoms. The van der Waals surface area contributed by atoms with Crippen molar-refractivity contribution in [1.29, 1.82) is 0 Å². The minimum Gasteiger partial charge on any atom is -0.493 e. The molecular formula is C28H32N4O6. The largest absolute Gasteiger partial charge is 0.493 e. The second-order valence-corrected chi connectivity index (χ2v) is 10.8. The van der Waals surface area contributed by atoms with Crippen molar-refractivity contribution in [3.63, 3.8) is 0 Å². The van der Waals surface area contributed by atoms with E-state index < -0.39 is 24.2 Å². The van der Waals surface area contributed by atoms with Crippen LogP contribution in [-0.2, 0) is 21.5 Å². The molecule has 4 aliphatic rings. The average molecular weight is 521 g/mol. The normalized spacial score (nSPS) is 26.2. The number of carbonyl (C=O) groups is 3. The highest BCUT2D eigenvalue weighted by Crippen LogP contribution is 2.45. The summed E-state index contributed by atoms with van der Waals surface area (Å²) in [6.45, 7) is 4.62. The summed E-state index contributed by atoms with van der Waals surface area (Å²) in [5.41, 5.74) is 0.873. The molecule has 10 nitrogen and oxygen atoms in total. The number of ether oxygens (including phenoxy) is 2. The molecule has 2 aromatic rings. The summed E-state index contributed by atoms with van der Waals surface area (Å²) in [6, 6.07) is 12.3. The maximum Gasteiger partial charge on any atom is 0.321 e. The summed E-state index contributed by atoms with van der Waals surface area (Å²) in [4.78, 5) is 41.4. The van der Waals surface area contributed by atoms with Gasteiger partial charge in [-0.3, -0.25) is 19.8 Å². The molecule has 4 heterocycles. The molecule has 3 saturated heterocycles. The van der Waals surface area contributed by atoms with Crippen molar-refractivity contribution < 1.29 is 29.0 Å². The molecule has 3 fully saturated rings. The number of nitrogens with zero attached hydrogens (tertiary/aromatic N) is 2. The van der Waals surface area contributed by atoms with Crippen LogP contribution < -0.4 is 20.1 Å². The third-order valence-corrected chi connectivity index (χ3v) is 8.61. The Bertz CT molecular complexity index is 1260. The van der Waals surface area contributed by atoms with E-state index in [4.69, 9.17) is 14.6 Å². The van der Waals surface area contributed by atoms with Gasteiger partial charge in [0.15, 0.2) is 0 Å². The number of imide groups is 1. The number of aliphatic hydroxyl groups excluding tert-OH is 1. The van der Waals surface area contributed by atoms with Crippen LogP contribution in [0.15, 0.2) is 42.5 Å². The summed E-state index contributed by atoms with van der Waals surface area (Å²) < 4.78 is 11.7. The minimum absolute atomic E-state index is 0.0113. The second-order valence-electron chi connectivity index (χ2n) is 10.8. The number of nitrogens with one attached hydrogen (secondary N) is 2. The molecule has 0 aromatic heterocycles. The molecule has 200 valence electrons. The molecule has 2 aromatic carbocycles. The van der Waals surface area contributed by atoms with Gasteiger partial charge in [0, 0.05) is 44.1 Å². The summed E-state index contributed by atoms with van der Waals surface area (Å²) in [5.74, 6) is 1.57. The topological polar surface area (TPSA) is 120 Å². The standard InChI is InChI=1S/C28H32N4O6/c1-18-28(25(35)30-26(36)29-18,32-11-9-27(10-12-32)16-31(17-27)24(34)15-33)20-3-6-21(7-4-20)38-22-5-2-19-8-13-37-23(19)14-22/h2-7,14,18,33H,8-13,15-17H2,1H3,(H2,29,30,35,36). The van der Waals surface area contributed by atoms with Crippen LogP contribution in [0.3, 0.4) is 0 Å². The van der Waals surface area contributed by atoms with Crippen LogP contribution in [0.25, 0.3) is 0 Å². The van der Waals surface area contributed by atoms with E-state index in [9.17, 15) is 14.4 Å². The zero-order valence-corrected chi connectivity index (χ0v) is 21.4. The molecule has 0 aliphatic carbocycles. The van der Waals surface area contributed by atoms with Crippen LogP contribution in [-0.4, -0.2) is 78.2 Å². The van der Waals surface area contributed by atoms with Gasteiger partial charge in [0.05, 0.1) is 12.6 Å². The third-order valence-electron chi connectivity index (χ3n) is 8.61. The Labute approximate surface area is 220 Å². The van der Waals surface area contributed by atoms with E-state index in [0.717, 1.165) is 30.6 Å². The molecule has 2 unspecified atom stereocenters. The SMILES string of the molecule is CC1NC(=O)NC(=O)C1(c1ccc(Oc2ccc3c(c2)OCC3)cc1)N1CCC2(CC1)CN(C(=O)CO)C2. The fourth-order valence-corrected chi connectivity index (χ4v) is 6.53. The molecule has 4 amide bonds. The fraction of sp³-hybridized carbons (Fsp3) is 0.464. The van der Waals surface area contributed by atoms with Crippen molar-refractivity contribution in [2.75, 3.05) is 39.4 Å². The first-order valence-corrected chi connectivity index (χ1v) is 13.1. The predicted molar refractivity (Wildman–Crippen MR) is 137 cm³/mol. The van der Waals surface area contributed by atoms with Crippen LogP contribution in [0.2, 0.25) is 0 Å². The Morgan fingerprint density at radius 3 is 2.50 bits per heavy atom. The van der Waals surface area contributed by atoms with E-state index in [1.165, 1.54) is 5.56 Å². The number of carbonyl (C=O) groups excluding carboxylic acids is 3. The predicted octanol–water partition coefficient (Wildman–Crippen LogP) is 1.75. The van der Waals surface area contributed by atoms with E-state index >= 15 is 0 Å². The highest BCUT2D eigenvalue weighted by atomic mass is 16.5. The maximum absolute atomic E-state index is 13.6. The number of piperidine rings is 1. The number of rotatable bonds is 5. The molecule has 10 heteroatoms. The van der Waals surface area contributed by atoms with Crippen LogP contribution in [0.1, 0.15) is 30.9 Å². The Morgan fingerprint density at radius 1 is 1.11 bits per heavy atom. The summed E-state index contributed by atoms with van der Waals surface area (Å²) in [6.07, 6.45) is 2.54. The number of urea groups is 1. The zero-order chi connectivity index (χ0) is 26.5. The van der Waals surface area contributed by atoms with Gasteiger partial charge < -0.3 is 24.8 Å².